The number of nitrogens with one attached hydrogen (secondary N) is 1. The lowest BCUT2D eigenvalue weighted by atomic mass is 10.2. The normalized spacial score (nSPS) is 11.6. The summed E-state index contributed by atoms with van der Waals surface area (Å²) in [7, 11) is 0. The number of nitrogens with zero attached hydrogens (tertiary/aromatic N) is 3. The van der Waals surface area contributed by atoms with Crippen molar-refractivity contribution >= 4 is 40.8 Å². The molecule has 0 atom stereocenters. The highest BCUT2D eigenvalue weighted by atomic mass is 35.5. The van der Waals surface area contributed by atoms with Gasteiger partial charge in [0, 0.05) is 25.1 Å². The van der Waals surface area contributed by atoms with Gasteiger partial charge in [-0.15, -0.1) is 0 Å². The second-order valence-electron chi connectivity index (χ2n) is 6.08. The van der Waals surface area contributed by atoms with Crippen LogP contribution < -0.4 is 5.32 Å². The molecule has 31 heavy (non-hydrogen) atoms. The Labute approximate surface area is 187 Å². The number of pyridine rings is 1. The van der Waals surface area contributed by atoms with Gasteiger partial charge in [-0.25, -0.2) is 0 Å². The predicted octanol–water partition coefficient (Wildman–Crippen LogP) is 7.00. The molecule has 1 aromatic carbocycles. The third-order valence-corrected chi connectivity index (χ3v) is 5.46. The van der Waals surface area contributed by atoms with E-state index in [4.69, 9.17) is 23.2 Å². The van der Waals surface area contributed by atoms with E-state index in [1.165, 1.54) is 10.8 Å². The third-order valence-electron chi connectivity index (χ3n) is 4.05. The molecule has 0 saturated heterocycles. The highest BCUT2D eigenvalue weighted by molar-refractivity contribution is 7.99. The van der Waals surface area contributed by atoms with Crippen LogP contribution in [0.1, 0.15) is 16.7 Å². The fraction of sp³-hybridized carbons (Fsp3) is 0.158. The van der Waals surface area contributed by atoms with E-state index in [9.17, 15) is 27.2 Å². The predicted molar refractivity (Wildman–Crippen MR) is 109 cm³/mol. The summed E-state index contributed by atoms with van der Waals surface area (Å²) in [6.45, 7) is 0.134. The fourth-order valence-corrected chi connectivity index (χ4v) is 4.12. The Morgan fingerprint density at radius 3 is 2.42 bits per heavy atom. The van der Waals surface area contributed by atoms with Gasteiger partial charge >= 0.3 is 6.18 Å². The molecule has 0 bridgehead atoms. The molecule has 0 saturated carbocycles. The maximum Gasteiger partial charge on any atom is 0.416 e. The van der Waals surface area contributed by atoms with E-state index in [1.54, 1.807) is 24.5 Å². The Balaban J connectivity index is 2.15. The quantitative estimate of drug-likeness (QED) is 0.297. The third kappa shape index (κ3) is 5.23. The maximum absolute atomic E-state index is 13.2. The molecule has 2 heterocycles. The van der Waals surface area contributed by atoms with Crippen molar-refractivity contribution in [2.24, 2.45) is 0 Å². The number of rotatable bonds is 6. The van der Waals surface area contributed by atoms with Gasteiger partial charge < -0.3 is 5.32 Å². The smallest absolute Gasteiger partial charge is 0.366 e. The van der Waals surface area contributed by atoms with E-state index in [0.717, 1.165) is 0 Å². The van der Waals surface area contributed by atoms with Crippen molar-refractivity contribution in [2.75, 3.05) is 5.32 Å². The summed E-state index contributed by atoms with van der Waals surface area (Å²) in [6, 6.07) is 6.58. The van der Waals surface area contributed by atoms with Crippen molar-refractivity contribution < 1.29 is 22.0 Å². The molecule has 1 N–H and O–H groups in total. The Kier molecular flexibility index (Phi) is 6.99. The van der Waals surface area contributed by atoms with Gasteiger partial charge in [0.2, 0.25) is 0 Å². The first-order valence-corrected chi connectivity index (χ1v) is 10.0. The minimum Gasteiger partial charge on any atom is -0.366 e. The van der Waals surface area contributed by atoms with Gasteiger partial charge in [0.05, 0.1) is 31.8 Å². The average molecular weight is 493 g/mol. The zero-order chi connectivity index (χ0) is 22.8. The molecule has 12 heteroatoms. The molecule has 0 aliphatic carbocycles. The molecule has 0 unspecified atom stereocenters. The van der Waals surface area contributed by atoms with Crippen LogP contribution in [0.25, 0.3) is 5.69 Å². The Bertz CT molecular complexity index is 1100. The number of benzene rings is 1. The number of thioether (sulfide) groups is 1. The number of nitriles is 1. The summed E-state index contributed by atoms with van der Waals surface area (Å²) < 4.78 is 66.7. The molecule has 0 spiro atoms. The van der Waals surface area contributed by atoms with Crippen molar-refractivity contribution in [1.29, 1.82) is 5.26 Å². The van der Waals surface area contributed by atoms with Gasteiger partial charge in [0.1, 0.15) is 11.9 Å². The first-order chi connectivity index (χ1) is 14.6. The number of halogens is 7. The zero-order valence-electron chi connectivity index (χ0n) is 15.2. The van der Waals surface area contributed by atoms with Gasteiger partial charge in [0.25, 0.3) is 5.76 Å². The summed E-state index contributed by atoms with van der Waals surface area (Å²) in [5.74, 6) is -2.81. The summed E-state index contributed by atoms with van der Waals surface area (Å²) in [5.41, 5.74) is -0.564. The molecule has 0 radical (unpaired) electrons. The maximum atomic E-state index is 13.2. The second kappa shape index (κ2) is 9.34. The van der Waals surface area contributed by atoms with Crippen LogP contribution in [0.2, 0.25) is 10.0 Å². The van der Waals surface area contributed by atoms with Crippen LogP contribution in [0, 0.1) is 11.3 Å². The summed E-state index contributed by atoms with van der Waals surface area (Å²) in [5, 5.41) is 11.6. The van der Waals surface area contributed by atoms with Crippen molar-refractivity contribution in [3.63, 3.8) is 0 Å². The Morgan fingerprint density at radius 2 is 1.90 bits per heavy atom. The van der Waals surface area contributed by atoms with Crippen LogP contribution in [0.3, 0.4) is 0 Å². The van der Waals surface area contributed by atoms with Gasteiger partial charge in [-0.05, 0) is 23.8 Å². The van der Waals surface area contributed by atoms with Crippen molar-refractivity contribution in [2.45, 2.75) is 23.4 Å². The second-order valence-corrected chi connectivity index (χ2v) is 7.90. The highest BCUT2D eigenvalue weighted by Gasteiger charge is 2.33. The topological polar surface area (TPSA) is 53.6 Å². The lowest BCUT2D eigenvalue weighted by molar-refractivity contribution is -0.137. The molecule has 3 aromatic rings. The van der Waals surface area contributed by atoms with E-state index in [0.29, 0.717) is 17.7 Å². The minimum absolute atomic E-state index is 0.0364. The molecule has 0 aliphatic heterocycles. The molecule has 0 amide bonds. The minimum atomic E-state index is -4.68. The Hall–Kier alpha value is -2.48. The SMILES string of the molecule is N#Cc1cn(-c2c(Cl)cc(C(F)(F)F)cc2Cl)c(NCc2cccnc2)c1SC(F)F. The standard InChI is InChI=1S/C19H11Cl2F5N4S/c20-13-4-12(19(24,25)26)5-14(21)15(13)30-9-11(6-27)16(31-18(22)23)17(30)29-8-10-2-1-3-28-7-10/h1-5,7,9,18,29H,8H2. The van der Waals surface area contributed by atoms with Crippen molar-refractivity contribution in [3.05, 3.63) is 69.6 Å². The van der Waals surface area contributed by atoms with Gasteiger partial charge in [-0.2, -0.15) is 27.2 Å². The lowest BCUT2D eigenvalue weighted by Gasteiger charge is -2.17. The van der Waals surface area contributed by atoms with Crippen LogP contribution in [0.15, 0.2) is 47.8 Å². The van der Waals surface area contributed by atoms with Crippen molar-refractivity contribution in [3.8, 4) is 11.8 Å². The number of aromatic nitrogens is 2. The lowest BCUT2D eigenvalue weighted by Crippen LogP contribution is -2.09. The highest BCUT2D eigenvalue weighted by Crippen LogP contribution is 2.43. The van der Waals surface area contributed by atoms with E-state index < -0.39 is 17.5 Å². The molecule has 0 fully saturated rings. The van der Waals surface area contributed by atoms with Gasteiger partial charge in [-0.3, -0.25) is 9.55 Å². The molecule has 162 valence electrons. The van der Waals surface area contributed by atoms with Gasteiger partial charge in [-0.1, -0.05) is 41.0 Å². The van der Waals surface area contributed by atoms with Gasteiger partial charge in [0.15, 0.2) is 0 Å². The molecular weight excluding hydrogens is 482 g/mol. The molecule has 4 nitrogen and oxygen atoms in total. The first-order valence-electron chi connectivity index (χ1n) is 8.41. The van der Waals surface area contributed by atoms with E-state index in [1.807, 2.05) is 6.07 Å². The van der Waals surface area contributed by atoms with E-state index >= 15 is 0 Å². The number of anilines is 1. The van der Waals surface area contributed by atoms with Crippen LogP contribution in [-0.4, -0.2) is 15.3 Å². The molecule has 3 rings (SSSR count). The monoisotopic (exact) mass is 492 g/mol. The molecular formula is C19H11Cl2F5N4S. The largest absolute Gasteiger partial charge is 0.416 e. The van der Waals surface area contributed by atoms with Crippen LogP contribution in [0.5, 0.6) is 0 Å². The van der Waals surface area contributed by atoms with E-state index in [2.05, 4.69) is 10.3 Å². The number of hydrogen-bond donors (Lipinski definition) is 1. The zero-order valence-corrected chi connectivity index (χ0v) is 17.5. The molecule has 0 aliphatic rings. The van der Waals surface area contributed by atoms with Crippen LogP contribution in [0.4, 0.5) is 27.8 Å². The number of alkyl halides is 5. The fourth-order valence-electron chi connectivity index (χ4n) is 2.77. The Morgan fingerprint density at radius 1 is 1.23 bits per heavy atom. The molecule has 2 aromatic heterocycles. The van der Waals surface area contributed by atoms with Crippen LogP contribution in [-0.2, 0) is 12.7 Å². The first kappa shape index (κ1) is 23.2. The van der Waals surface area contributed by atoms with Crippen LogP contribution >= 0.6 is 35.0 Å². The number of hydrogen-bond acceptors (Lipinski definition) is 4. The van der Waals surface area contributed by atoms with E-state index in [-0.39, 0.29) is 50.3 Å². The average Bonchev–Trinajstić information content (AvgIpc) is 3.02. The summed E-state index contributed by atoms with van der Waals surface area (Å²) in [6.07, 6.45) is -0.391. The van der Waals surface area contributed by atoms with Crippen molar-refractivity contribution in [1.82, 2.24) is 9.55 Å². The summed E-state index contributed by atoms with van der Waals surface area (Å²) in [4.78, 5) is 3.87. The summed E-state index contributed by atoms with van der Waals surface area (Å²) >= 11 is 12.3.